The number of benzene rings is 2. The number of anilines is 2. The van der Waals surface area contributed by atoms with Gasteiger partial charge in [0.15, 0.2) is 0 Å². The van der Waals surface area contributed by atoms with Crippen LogP contribution in [0, 0.1) is 0 Å². The van der Waals surface area contributed by atoms with Gasteiger partial charge in [-0.2, -0.15) is 13.2 Å². The zero-order chi connectivity index (χ0) is 14.8. The van der Waals surface area contributed by atoms with Crippen molar-refractivity contribution in [2.24, 2.45) is 5.73 Å². The lowest BCUT2D eigenvalue weighted by molar-refractivity contribution is -0.137. The lowest BCUT2D eigenvalue weighted by Crippen LogP contribution is -2.18. The van der Waals surface area contributed by atoms with Crippen LogP contribution >= 0.6 is 12.2 Å². The van der Waals surface area contributed by atoms with Gasteiger partial charge in [0.2, 0.25) is 0 Å². The molecule has 0 spiro atoms. The molecular formula is C14H11F3N2S. The average molecular weight is 296 g/mol. The maximum atomic E-state index is 13.0. The maximum Gasteiger partial charge on any atom is 0.417 e. The number of rotatable bonds is 3. The molecule has 0 bridgehead atoms. The van der Waals surface area contributed by atoms with Crippen LogP contribution in [0.4, 0.5) is 24.5 Å². The molecule has 0 atom stereocenters. The van der Waals surface area contributed by atoms with Gasteiger partial charge in [-0.05, 0) is 30.3 Å². The van der Waals surface area contributed by atoms with Crippen LogP contribution in [-0.2, 0) is 6.18 Å². The standard InChI is InChI=1S/C14H11F3N2S/c15-14(16,17)12-8-10(6-7-11(12)13(18)20)19-9-4-2-1-3-5-9/h1-8,19H,(H2,18,20). The van der Waals surface area contributed by atoms with Crippen LogP contribution in [-0.4, -0.2) is 4.99 Å². The van der Waals surface area contributed by atoms with E-state index in [1.54, 1.807) is 24.3 Å². The van der Waals surface area contributed by atoms with Crippen LogP contribution in [0.2, 0.25) is 0 Å². The topological polar surface area (TPSA) is 38.0 Å². The molecule has 0 radical (unpaired) electrons. The van der Waals surface area contributed by atoms with E-state index < -0.39 is 11.7 Å². The van der Waals surface area contributed by atoms with Crippen LogP contribution in [0.5, 0.6) is 0 Å². The SMILES string of the molecule is NC(=S)c1ccc(Nc2ccccc2)cc1C(F)(F)F. The van der Waals surface area contributed by atoms with Gasteiger partial charge in [0.05, 0.1) is 5.56 Å². The van der Waals surface area contributed by atoms with E-state index in [9.17, 15) is 13.2 Å². The van der Waals surface area contributed by atoms with Crippen molar-refractivity contribution in [2.75, 3.05) is 5.32 Å². The Kier molecular flexibility index (Phi) is 3.94. The van der Waals surface area contributed by atoms with E-state index in [1.165, 1.54) is 12.1 Å². The van der Waals surface area contributed by atoms with Gasteiger partial charge in [0.1, 0.15) is 4.99 Å². The summed E-state index contributed by atoms with van der Waals surface area (Å²) in [5.41, 5.74) is 5.33. The van der Waals surface area contributed by atoms with E-state index in [2.05, 4.69) is 17.5 Å². The van der Waals surface area contributed by atoms with Crippen molar-refractivity contribution in [3.63, 3.8) is 0 Å². The Balaban J connectivity index is 2.40. The number of hydrogen-bond acceptors (Lipinski definition) is 2. The third kappa shape index (κ3) is 3.27. The Hall–Kier alpha value is -2.08. The molecule has 6 heteroatoms. The number of thiocarbonyl (C=S) groups is 1. The second-order valence-electron chi connectivity index (χ2n) is 4.11. The van der Waals surface area contributed by atoms with Crippen LogP contribution in [0.25, 0.3) is 0 Å². The van der Waals surface area contributed by atoms with Crippen molar-refractivity contribution in [2.45, 2.75) is 6.18 Å². The Morgan fingerprint density at radius 3 is 2.20 bits per heavy atom. The minimum Gasteiger partial charge on any atom is -0.389 e. The molecular weight excluding hydrogens is 285 g/mol. The third-order valence-corrected chi connectivity index (χ3v) is 2.87. The van der Waals surface area contributed by atoms with Gasteiger partial charge in [-0.3, -0.25) is 0 Å². The Morgan fingerprint density at radius 1 is 1.00 bits per heavy atom. The summed E-state index contributed by atoms with van der Waals surface area (Å²) in [4.78, 5) is -0.274. The molecule has 20 heavy (non-hydrogen) atoms. The average Bonchev–Trinajstić information content (AvgIpc) is 2.38. The van der Waals surface area contributed by atoms with Crippen LogP contribution in [0.3, 0.4) is 0 Å². The molecule has 2 nitrogen and oxygen atoms in total. The maximum absolute atomic E-state index is 13.0. The molecule has 0 unspecified atom stereocenters. The number of alkyl halides is 3. The molecule has 2 aromatic rings. The normalized spacial score (nSPS) is 11.2. The molecule has 0 heterocycles. The van der Waals surface area contributed by atoms with Crippen LogP contribution in [0.1, 0.15) is 11.1 Å². The zero-order valence-corrected chi connectivity index (χ0v) is 11.1. The van der Waals surface area contributed by atoms with E-state index in [4.69, 9.17) is 5.73 Å². The van der Waals surface area contributed by atoms with E-state index in [0.717, 1.165) is 6.07 Å². The van der Waals surface area contributed by atoms with Crippen molar-refractivity contribution >= 4 is 28.6 Å². The summed E-state index contributed by atoms with van der Waals surface area (Å²) < 4.78 is 39.0. The predicted molar refractivity (Wildman–Crippen MR) is 77.1 cm³/mol. The van der Waals surface area contributed by atoms with Crippen molar-refractivity contribution in [3.8, 4) is 0 Å². The molecule has 2 aromatic carbocycles. The fraction of sp³-hybridized carbons (Fsp3) is 0.0714. The number of halogens is 3. The highest BCUT2D eigenvalue weighted by Crippen LogP contribution is 2.34. The van der Waals surface area contributed by atoms with Crippen molar-refractivity contribution in [1.82, 2.24) is 0 Å². The summed E-state index contributed by atoms with van der Waals surface area (Å²) in [6.45, 7) is 0. The van der Waals surface area contributed by atoms with E-state index in [1.807, 2.05) is 6.07 Å². The van der Waals surface area contributed by atoms with Gasteiger partial charge >= 0.3 is 6.18 Å². The molecule has 0 fully saturated rings. The second kappa shape index (κ2) is 5.50. The fourth-order valence-electron chi connectivity index (χ4n) is 1.76. The van der Waals surface area contributed by atoms with Crippen molar-refractivity contribution in [3.05, 3.63) is 59.7 Å². The van der Waals surface area contributed by atoms with Crippen molar-refractivity contribution in [1.29, 1.82) is 0 Å². The summed E-state index contributed by atoms with van der Waals surface area (Å²) in [5, 5.41) is 2.90. The highest BCUT2D eigenvalue weighted by Gasteiger charge is 2.34. The molecule has 0 saturated heterocycles. The van der Waals surface area contributed by atoms with E-state index in [0.29, 0.717) is 11.4 Å². The largest absolute Gasteiger partial charge is 0.417 e. The number of nitrogens with two attached hydrogens (primary N) is 1. The first-order chi connectivity index (χ1) is 9.38. The van der Waals surface area contributed by atoms with Gasteiger partial charge in [0, 0.05) is 16.9 Å². The minimum atomic E-state index is -4.51. The third-order valence-electron chi connectivity index (χ3n) is 2.65. The molecule has 0 aliphatic rings. The van der Waals surface area contributed by atoms with E-state index >= 15 is 0 Å². The van der Waals surface area contributed by atoms with Gasteiger partial charge in [-0.25, -0.2) is 0 Å². The second-order valence-corrected chi connectivity index (χ2v) is 4.55. The minimum absolute atomic E-state index is 0.175. The van der Waals surface area contributed by atoms with Gasteiger partial charge < -0.3 is 11.1 Å². The monoisotopic (exact) mass is 296 g/mol. The van der Waals surface area contributed by atoms with Crippen molar-refractivity contribution < 1.29 is 13.2 Å². The summed E-state index contributed by atoms with van der Waals surface area (Å²) in [5.74, 6) is 0. The smallest absolute Gasteiger partial charge is 0.389 e. The van der Waals surface area contributed by atoms with Crippen LogP contribution in [0.15, 0.2) is 48.5 Å². The summed E-state index contributed by atoms with van der Waals surface area (Å²) in [7, 11) is 0. The predicted octanol–water partition coefficient (Wildman–Crippen LogP) is 4.08. The highest BCUT2D eigenvalue weighted by molar-refractivity contribution is 7.80. The zero-order valence-electron chi connectivity index (χ0n) is 10.2. The first-order valence-corrected chi connectivity index (χ1v) is 6.12. The molecule has 0 aromatic heterocycles. The number of hydrogen-bond donors (Lipinski definition) is 2. The molecule has 0 aliphatic heterocycles. The van der Waals surface area contributed by atoms with Gasteiger partial charge in [-0.1, -0.05) is 30.4 Å². The number of para-hydroxylation sites is 1. The quantitative estimate of drug-likeness (QED) is 0.838. The lowest BCUT2D eigenvalue weighted by Gasteiger charge is -2.14. The summed E-state index contributed by atoms with van der Waals surface area (Å²) in [6, 6.07) is 12.7. The summed E-state index contributed by atoms with van der Waals surface area (Å²) in [6.07, 6.45) is -4.51. The lowest BCUT2D eigenvalue weighted by atomic mass is 10.1. The Labute approximate surface area is 119 Å². The number of nitrogens with one attached hydrogen (secondary N) is 1. The van der Waals surface area contributed by atoms with Gasteiger partial charge in [0.25, 0.3) is 0 Å². The fourth-order valence-corrected chi connectivity index (χ4v) is 1.94. The Bertz CT molecular complexity index is 624. The Morgan fingerprint density at radius 2 is 1.65 bits per heavy atom. The molecule has 0 aliphatic carbocycles. The molecule has 2 rings (SSSR count). The highest BCUT2D eigenvalue weighted by atomic mass is 32.1. The first-order valence-electron chi connectivity index (χ1n) is 5.71. The van der Waals surface area contributed by atoms with Crippen LogP contribution < -0.4 is 11.1 Å². The molecule has 3 N–H and O–H groups in total. The van der Waals surface area contributed by atoms with E-state index in [-0.39, 0.29) is 10.6 Å². The first kappa shape index (κ1) is 14.3. The molecule has 0 amide bonds. The molecule has 0 saturated carbocycles. The summed E-state index contributed by atoms with van der Waals surface area (Å²) >= 11 is 4.65. The van der Waals surface area contributed by atoms with Gasteiger partial charge in [-0.15, -0.1) is 0 Å². The molecule has 104 valence electrons.